The molecule has 0 saturated heterocycles. The van der Waals surface area contributed by atoms with Gasteiger partial charge in [-0.2, -0.15) is 0 Å². The first kappa shape index (κ1) is 22.4. The molecule has 3 aromatic rings. The molecular weight excluding hydrogens is 416 g/mol. The number of halogens is 1. The van der Waals surface area contributed by atoms with Crippen LogP contribution in [0.25, 0.3) is 11.1 Å². The maximum absolute atomic E-state index is 12.5. The molecule has 0 unspecified atom stereocenters. The maximum Gasteiger partial charge on any atom is 0.338 e. The number of carbonyl (C=O) groups excluding carboxylic acids is 2. The van der Waals surface area contributed by atoms with Crippen molar-refractivity contribution in [2.75, 3.05) is 19.8 Å². The molecule has 0 radical (unpaired) electrons. The van der Waals surface area contributed by atoms with Crippen LogP contribution in [0.2, 0.25) is 5.02 Å². The van der Waals surface area contributed by atoms with E-state index >= 15 is 0 Å². The van der Waals surface area contributed by atoms with Crippen LogP contribution < -0.4 is 9.47 Å². The molecule has 5 nitrogen and oxygen atoms in total. The van der Waals surface area contributed by atoms with Crippen LogP contribution in [0.1, 0.15) is 34.6 Å². The minimum atomic E-state index is -0.667. The Labute approximate surface area is 186 Å². The van der Waals surface area contributed by atoms with E-state index in [-0.39, 0.29) is 23.0 Å². The zero-order chi connectivity index (χ0) is 22.2. The number of hydrogen-bond acceptors (Lipinski definition) is 5. The van der Waals surface area contributed by atoms with Gasteiger partial charge in [0.05, 0.1) is 23.8 Å². The van der Waals surface area contributed by atoms with Crippen molar-refractivity contribution < 1.29 is 23.8 Å². The minimum Gasteiger partial charge on any atom is -0.490 e. The average Bonchev–Trinajstić information content (AvgIpc) is 2.80. The molecule has 31 heavy (non-hydrogen) atoms. The van der Waals surface area contributed by atoms with E-state index in [1.165, 1.54) is 12.1 Å². The molecule has 3 aromatic carbocycles. The summed E-state index contributed by atoms with van der Waals surface area (Å²) >= 11 is 6.24. The van der Waals surface area contributed by atoms with Gasteiger partial charge in [0.25, 0.3) is 0 Å². The van der Waals surface area contributed by atoms with Crippen LogP contribution in [0.4, 0.5) is 0 Å². The standard InChI is InChI=1S/C25H23ClO5/c1-3-29-23-15-20(14-21(26)24(23)30-4-2)25(28)31-16-22(27)19-12-10-18(11-13-19)17-8-6-5-7-9-17/h5-15H,3-4,16H2,1-2H3. The van der Waals surface area contributed by atoms with Crippen molar-refractivity contribution >= 4 is 23.4 Å². The third-order valence-electron chi connectivity index (χ3n) is 4.48. The van der Waals surface area contributed by atoms with Crippen LogP contribution in [0, 0.1) is 0 Å². The summed E-state index contributed by atoms with van der Waals surface area (Å²) in [6, 6.07) is 20.0. The van der Waals surface area contributed by atoms with E-state index in [0.717, 1.165) is 11.1 Å². The van der Waals surface area contributed by atoms with E-state index in [0.29, 0.717) is 30.3 Å². The number of rotatable bonds is 9. The van der Waals surface area contributed by atoms with Gasteiger partial charge < -0.3 is 14.2 Å². The number of benzene rings is 3. The molecule has 0 heterocycles. The Bertz CT molecular complexity index is 1050. The van der Waals surface area contributed by atoms with Gasteiger partial charge in [-0.1, -0.05) is 66.2 Å². The molecule has 0 aliphatic rings. The SMILES string of the molecule is CCOc1cc(C(=O)OCC(=O)c2ccc(-c3ccccc3)cc2)cc(Cl)c1OCC. The lowest BCUT2D eigenvalue weighted by molar-refractivity contribution is 0.0474. The quantitative estimate of drug-likeness (QED) is 0.310. The highest BCUT2D eigenvalue weighted by atomic mass is 35.5. The monoisotopic (exact) mass is 438 g/mol. The highest BCUT2D eigenvalue weighted by molar-refractivity contribution is 6.32. The number of ether oxygens (including phenoxy) is 3. The summed E-state index contributed by atoms with van der Waals surface area (Å²) in [6.07, 6.45) is 0. The van der Waals surface area contributed by atoms with Crippen molar-refractivity contribution in [1.29, 1.82) is 0 Å². The Kier molecular flexibility index (Phi) is 7.68. The van der Waals surface area contributed by atoms with E-state index in [1.54, 1.807) is 12.1 Å². The number of hydrogen-bond donors (Lipinski definition) is 0. The summed E-state index contributed by atoms with van der Waals surface area (Å²) in [7, 11) is 0. The molecule has 0 fully saturated rings. The van der Waals surface area contributed by atoms with E-state index in [9.17, 15) is 9.59 Å². The van der Waals surface area contributed by atoms with E-state index in [4.69, 9.17) is 25.8 Å². The second kappa shape index (κ2) is 10.6. The van der Waals surface area contributed by atoms with Crippen LogP contribution in [0.5, 0.6) is 11.5 Å². The third-order valence-corrected chi connectivity index (χ3v) is 4.76. The first-order valence-corrected chi connectivity index (χ1v) is 10.4. The second-order valence-corrected chi connectivity index (χ2v) is 7.00. The van der Waals surface area contributed by atoms with Crippen molar-refractivity contribution in [3.63, 3.8) is 0 Å². The number of Topliss-reactive ketones (excluding diaryl/α,β-unsaturated/α-hetero) is 1. The minimum absolute atomic E-state index is 0.184. The molecule has 6 heteroatoms. The Balaban J connectivity index is 1.67. The first-order chi connectivity index (χ1) is 15.0. The fourth-order valence-corrected chi connectivity index (χ4v) is 3.28. The molecule has 0 aromatic heterocycles. The number of esters is 1. The van der Waals surface area contributed by atoms with Gasteiger partial charge in [-0.05, 0) is 37.1 Å². The van der Waals surface area contributed by atoms with Crippen molar-refractivity contribution in [3.8, 4) is 22.6 Å². The molecule has 0 spiro atoms. The fraction of sp³-hybridized carbons (Fsp3) is 0.200. The van der Waals surface area contributed by atoms with E-state index in [1.807, 2.05) is 56.3 Å². The Morgan fingerprint density at radius 2 is 1.45 bits per heavy atom. The zero-order valence-corrected chi connectivity index (χ0v) is 18.1. The van der Waals surface area contributed by atoms with Crippen LogP contribution in [-0.2, 0) is 4.74 Å². The predicted molar refractivity (Wildman–Crippen MR) is 120 cm³/mol. The summed E-state index contributed by atoms with van der Waals surface area (Å²) in [5.74, 6) is -0.237. The van der Waals surface area contributed by atoms with Crippen LogP contribution in [0.3, 0.4) is 0 Å². The predicted octanol–water partition coefficient (Wildman–Crippen LogP) is 5.84. The van der Waals surface area contributed by atoms with Gasteiger partial charge >= 0.3 is 5.97 Å². The molecule has 0 aliphatic carbocycles. The van der Waals surface area contributed by atoms with Gasteiger partial charge in [0.2, 0.25) is 0 Å². The van der Waals surface area contributed by atoms with Crippen LogP contribution in [0.15, 0.2) is 66.7 Å². The lowest BCUT2D eigenvalue weighted by Crippen LogP contribution is -2.14. The highest BCUT2D eigenvalue weighted by Gasteiger charge is 2.18. The van der Waals surface area contributed by atoms with E-state index < -0.39 is 5.97 Å². The van der Waals surface area contributed by atoms with Crippen LogP contribution in [-0.4, -0.2) is 31.6 Å². The maximum atomic E-state index is 12.5. The van der Waals surface area contributed by atoms with Crippen molar-refractivity contribution in [3.05, 3.63) is 82.9 Å². The summed E-state index contributed by atoms with van der Waals surface area (Å²) in [6.45, 7) is 4.05. The molecule has 0 saturated carbocycles. The summed E-state index contributed by atoms with van der Waals surface area (Å²) in [4.78, 5) is 24.9. The van der Waals surface area contributed by atoms with Gasteiger partial charge in [-0.3, -0.25) is 4.79 Å². The number of carbonyl (C=O) groups is 2. The molecule has 0 aliphatic heterocycles. The highest BCUT2D eigenvalue weighted by Crippen LogP contribution is 2.37. The lowest BCUT2D eigenvalue weighted by atomic mass is 10.0. The fourth-order valence-electron chi connectivity index (χ4n) is 3.01. The Hall–Kier alpha value is -3.31. The van der Waals surface area contributed by atoms with Crippen molar-refractivity contribution in [2.24, 2.45) is 0 Å². The summed E-state index contributed by atoms with van der Waals surface area (Å²) in [5.41, 5.74) is 2.71. The van der Waals surface area contributed by atoms with Gasteiger partial charge in [-0.25, -0.2) is 4.79 Å². The topological polar surface area (TPSA) is 61.8 Å². The normalized spacial score (nSPS) is 10.4. The summed E-state index contributed by atoms with van der Waals surface area (Å²) < 4.78 is 16.2. The van der Waals surface area contributed by atoms with Crippen LogP contribution >= 0.6 is 11.6 Å². The van der Waals surface area contributed by atoms with Gasteiger partial charge in [-0.15, -0.1) is 0 Å². The largest absolute Gasteiger partial charge is 0.490 e. The molecule has 0 N–H and O–H groups in total. The smallest absolute Gasteiger partial charge is 0.338 e. The lowest BCUT2D eigenvalue weighted by Gasteiger charge is -2.14. The summed E-state index contributed by atoms with van der Waals surface area (Å²) in [5, 5.41) is 0.238. The number of ketones is 1. The Morgan fingerprint density at radius 1 is 0.806 bits per heavy atom. The molecule has 160 valence electrons. The van der Waals surface area contributed by atoms with E-state index in [2.05, 4.69) is 0 Å². The van der Waals surface area contributed by atoms with Gasteiger partial charge in [0.15, 0.2) is 23.9 Å². The second-order valence-electron chi connectivity index (χ2n) is 6.59. The first-order valence-electron chi connectivity index (χ1n) is 9.98. The van der Waals surface area contributed by atoms with Crippen molar-refractivity contribution in [1.82, 2.24) is 0 Å². The third kappa shape index (κ3) is 5.64. The molecule has 3 rings (SSSR count). The van der Waals surface area contributed by atoms with Crippen molar-refractivity contribution in [2.45, 2.75) is 13.8 Å². The van der Waals surface area contributed by atoms with Gasteiger partial charge in [0.1, 0.15) is 0 Å². The average molecular weight is 439 g/mol. The zero-order valence-electron chi connectivity index (χ0n) is 17.4. The van der Waals surface area contributed by atoms with Gasteiger partial charge in [0, 0.05) is 5.56 Å². The molecular formula is C25H23ClO5. The Morgan fingerprint density at radius 3 is 2.10 bits per heavy atom. The molecule has 0 atom stereocenters. The molecule has 0 bridgehead atoms. The molecule has 0 amide bonds.